The second kappa shape index (κ2) is 6.99. The summed E-state index contributed by atoms with van der Waals surface area (Å²) in [5.41, 5.74) is 0.679. The Labute approximate surface area is 113 Å². The number of carbonyl (C=O) groups excluding carboxylic acids is 1. The van der Waals surface area contributed by atoms with E-state index < -0.39 is 6.09 Å². The van der Waals surface area contributed by atoms with Gasteiger partial charge < -0.3 is 14.4 Å². The van der Waals surface area contributed by atoms with E-state index in [0.29, 0.717) is 18.0 Å². The number of rotatable bonds is 5. The van der Waals surface area contributed by atoms with E-state index in [1.54, 1.807) is 19.2 Å². The Morgan fingerprint density at radius 3 is 2.89 bits per heavy atom. The highest BCUT2D eigenvalue weighted by molar-refractivity contribution is 5.84. The van der Waals surface area contributed by atoms with Crippen molar-refractivity contribution in [2.75, 3.05) is 38.7 Å². The van der Waals surface area contributed by atoms with E-state index in [2.05, 4.69) is 5.32 Å². The molecule has 0 aromatic heterocycles. The lowest BCUT2D eigenvalue weighted by Crippen LogP contribution is -3.10. The molecule has 104 valence electrons. The highest BCUT2D eigenvalue weighted by Gasteiger charge is 2.15. The fourth-order valence-corrected chi connectivity index (χ4v) is 2.27. The summed E-state index contributed by atoms with van der Waals surface area (Å²) < 4.78 is 10.3. The van der Waals surface area contributed by atoms with Gasteiger partial charge in [0.1, 0.15) is 18.9 Å². The van der Waals surface area contributed by atoms with Crippen LogP contribution in [0, 0.1) is 0 Å². The summed E-state index contributed by atoms with van der Waals surface area (Å²) in [7, 11) is 1.59. The normalized spacial score (nSPS) is 15.2. The second-order valence-electron chi connectivity index (χ2n) is 4.70. The van der Waals surface area contributed by atoms with Crippen molar-refractivity contribution in [3.05, 3.63) is 24.3 Å². The van der Waals surface area contributed by atoms with E-state index in [1.165, 1.54) is 30.8 Å². The first-order valence-electron chi connectivity index (χ1n) is 6.69. The third kappa shape index (κ3) is 4.44. The molecule has 1 aromatic carbocycles. The van der Waals surface area contributed by atoms with Crippen molar-refractivity contribution in [1.82, 2.24) is 0 Å². The SMILES string of the molecule is COc1cccc(NC(=O)OCC[NH+]2CCCC2)c1. The summed E-state index contributed by atoms with van der Waals surface area (Å²) in [6.07, 6.45) is 2.16. The molecular formula is C14H21N2O3+. The summed E-state index contributed by atoms with van der Waals surface area (Å²) >= 11 is 0. The maximum Gasteiger partial charge on any atom is 0.411 e. The van der Waals surface area contributed by atoms with Crippen LogP contribution in [0.5, 0.6) is 5.75 Å². The van der Waals surface area contributed by atoms with Crippen molar-refractivity contribution >= 4 is 11.8 Å². The second-order valence-corrected chi connectivity index (χ2v) is 4.70. The standard InChI is InChI=1S/C14H20N2O3/c1-18-13-6-4-5-12(11-13)15-14(17)19-10-9-16-7-2-3-8-16/h4-6,11H,2-3,7-10H2,1H3,(H,15,17)/p+1. The van der Waals surface area contributed by atoms with Gasteiger partial charge in [0.2, 0.25) is 0 Å². The Balaban J connectivity index is 1.70. The molecule has 1 amide bonds. The zero-order valence-electron chi connectivity index (χ0n) is 11.3. The Bertz CT molecular complexity index is 417. The molecule has 19 heavy (non-hydrogen) atoms. The number of nitrogens with one attached hydrogen (secondary N) is 2. The van der Waals surface area contributed by atoms with Crippen LogP contribution in [0.4, 0.5) is 10.5 Å². The van der Waals surface area contributed by atoms with Crippen molar-refractivity contribution in [3.8, 4) is 5.75 Å². The number of likely N-dealkylation sites (tertiary alicyclic amines) is 1. The first kappa shape index (κ1) is 13.7. The van der Waals surface area contributed by atoms with Gasteiger partial charge >= 0.3 is 6.09 Å². The van der Waals surface area contributed by atoms with Gasteiger partial charge in [0.25, 0.3) is 0 Å². The third-order valence-electron chi connectivity index (χ3n) is 3.32. The van der Waals surface area contributed by atoms with E-state index in [9.17, 15) is 4.79 Å². The van der Waals surface area contributed by atoms with Gasteiger partial charge in [-0.25, -0.2) is 4.79 Å². The average molecular weight is 265 g/mol. The van der Waals surface area contributed by atoms with Gasteiger partial charge in [-0.2, -0.15) is 0 Å². The van der Waals surface area contributed by atoms with Gasteiger partial charge in [0.05, 0.1) is 20.2 Å². The molecule has 0 saturated carbocycles. The molecule has 1 saturated heterocycles. The van der Waals surface area contributed by atoms with Gasteiger partial charge in [0.15, 0.2) is 0 Å². The van der Waals surface area contributed by atoms with Crippen LogP contribution in [0.25, 0.3) is 0 Å². The first-order valence-corrected chi connectivity index (χ1v) is 6.69. The van der Waals surface area contributed by atoms with E-state index >= 15 is 0 Å². The van der Waals surface area contributed by atoms with Crippen molar-refractivity contribution in [2.45, 2.75) is 12.8 Å². The summed E-state index contributed by atoms with van der Waals surface area (Å²) in [5, 5.41) is 2.69. The number of anilines is 1. The lowest BCUT2D eigenvalue weighted by Gasteiger charge is -2.12. The molecule has 1 aliphatic rings. The van der Waals surface area contributed by atoms with Crippen LogP contribution in [0.3, 0.4) is 0 Å². The number of ether oxygens (including phenoxy) is 2. The average Bonchev–Trinajstić information content (AvgIpc) is 2.92. The monoisotopic (exact) mass is 265 g/mol. The maximum absolute atomic E-state index is 11.6. The molecule has 1 aromatic rings. The summed E-state index contributed by atoms with van der Waals surface area (Å²) in [4.78, 5) is 13.1. The fourth-order valence-electron chi connectivity index (χ4n) is 2.27. The minimum Gasteiger partial charge on any atom is -0.497 e. The molecule has 5 nitrogen and oxygen atoms in total. The molecule has 2 rings (SSSR count). The van der Waals surface area contributed by atoms with Gasteiger partial charge in [-0.15, -0.1) is 0 Å². The number of quaternary nitrogens is 1. The molecule has 0 aliphatic carbocycles. The summed E-state index contributed by atoms with van der Waals surface area (Å²) in [5.74, 6) is 0.708. The number of benzene rings is 1. The molecule has 0 bridgehead atoms. The lowest BCUT2D eigenvalue weighted by atomic mass is 10.3. The minimum absolute atomic E-state index is 0.410. The van der Waals surface area contributed by atoms with Gasteiger partial charge in [-0.1, -0.05) is 6.07 Å². The minimum atomic E-state index is -0.410. The van der Waals surface area contributed by atoms with Crippen LogP contribution >= 0.6 is 0 Å². The smallest absolute Gasteiger partial charge is 0.411 e. The quantitative estimate of drug-likeness (QED) is 0.832. The molecule has 0 spiro atoms. The van der Waals surface area contributed by atoms with Crippen molar-refractivity contribution in [2.24, 2.45) is 0 Å². The molecule has 0 unspecified atom stereocenters. The van der Waals surface area contributed by atoms with E-state index in [0.717, 1.165) is 6.54 Å². The van der Waals surface area contributed by atoms with Crippen molar-refractivity contribution in [1.29, 1.82) is 0 Å². The molecule has 1 heterocycles. The molecular weight excluding hydrogens is 244 g/mol. The third-order valence-corrected chi connectivity index (χ3v) is 3.32. The number of methoxy groups -OCH3 is 1. The zero-order valence-corrected chi connectivity index (χ0v) is 11.3. The summed E-state index contributed by atoms with van der Waals surface area (Å²) in [6, 6.07) is 7.21. The van der Waals surface area contributed by atoms with Crippen molar-refractivity contribution in [3.63, 3.8) is 0 Å². The largest absolute Gasteiger partial charge is 0.497 e. The highest BCUT2D eigenvalue weighted by atomic mass is 16.5. The fraction of sp³-hybridized carbons (Fsp3) is 0.500. The van der Waals surface area contributed by atoms with E-state index in [-0.39, 0.29) is 0 Å². The Kier molecular flexibility index (Phi) is 5.03. The Morgan fingerprint density at radius 2 is 2.16 bits per heavy atom. The predicted octanol–water partition coefficient (Wildman–Crippen LogP) is 0.922. The van der Waals surface area contributed by atoms with Crippen LogP contribution in [0.1, 0.15) is 12.8 Å². The highest BCUT2D eigenvalue weighted by Crippen LogP contribution is 2.16. The van der Waals surface area contributed by atoms with Crippen LogP contribution in [-0.4, -0.2) is 39.4 Å². The number of amides is 1. The van der Waals surface area contributed by atoms with Crippen LogP contribution in [0.15, 0.2) is 24.3 Å². The number of hydrogen-bond donors (Lipinski definition) is 2. The molecule has 1 aliphatic heterocycles. The van der Waals surface area contributed by atoms with Gasteiger partial charge in [0, 0.05) is 24.6 Å². The summed E-state index contributed by atoms with van der Waals surface area (Å²) in [6.45, 7) is 3.75. The Hall–Kier alpha value is -1.75. The number of hydrogen-bond acceptors (Lipinski definition) is 3. The first-order chi connectivity index (χ1) is 9.28. The molecule has 0 atom stereocenters. The van der Waals surface area contributed by atoms with Gasteiger partial charge in [-0.05, 0) is 12.1 Å². The van der Waals surface area contributed by atoms with Gasteiger partial charge in [-0.3, -0.25) is 5.32 Å². The molecule has 2 N–H and O–H groups in total. The topological polar surface area (TPSA) is 52.0 Å². The van der Waals surface area contributed by atoms with Crippen LogP contribution in [0.2, 0.25) is 0 Å². The van der Waals surface area contributed by atoms with E-state index in [4.69, 9.17) is 9.47 Å². The zero-order chi connectivity index (χ0) is 13.5. The molecule has 0 radical (unpaired) electrons. The van der Waals surface area contributed by atoms with E-state index in [1.807, 2.05) is 12.1 Å². The molecule has 5 heteroatoms. The Morgan fingerprint density at radius 1 is 1.37 bits per heavy atom. The molecule has 1 fully saturated rings. The number of carbonyl (C=O) groups is 1. The van der Waals surface area contributed by atoms with Crippen LogP contribution < -0.4 is 15.0 Å². The van der Waals surface area contributed by atoms with Crippen molar-refractivity contribution < 1.29 is 19.2 Å². The maximum atomic E-state index is 11.6. The van der Waals surface area contributed by atoms with Crippen LogP contribution in [-0.2, 0) is 4.74 Å². The lowest BCUT2D eigenvalue weighted by molar-refractivity contribution is -0.887. The predicted molar refractivity (Wildman–Crippen MR) is 72.8 cm³/mol.